The molecule has 0 aromatic rings. The number of ether oxygens (including phenoxy) is 2. The van der Waals surface area contributed by atoms with Gasteiger partial charge in [-0.05, 0) is 51.4 Å². The van der Waals surface area contributed by atoms with E-state index in [4.69, 9.17) is 24.3 Å². The Morgan fingerprint density at radius 1 is 0.674 bits per heavy atom. The number of phosphoric acid groups is 1. The van der Waals surface area contributed by atoms with Gasteiger partial charge in [-0.2, -0.15) is 0 Å². The lowest BCUT2D eigenvalue weighted by Crippen LogP contribution is -2.28. The summed E-state index contributed by atoms with van der Waals surface area (Å²) in [5, 5.41) is 0. The standard InChI is InChI=1S/C37H68NO7P/c1-3-5-7-9-11-13-15-16-17-18-19-20-21-22-24-26-28-30-37(39)45-36(35-44-46(40,41)43-33-31-38)34-42-32-29-27-25-23-14-12-10-8-6-4-2/h5,7,11,13,16-17,19-20,36H,3-4,6,8-10,12,14-15,18,21-35,38H2,1-2H3,(H,40,41)/b7-5-,13-11-,17-16-,20-19-. The highest BCUT2D eigenvalue weighted by atomic mass is 31.2. The van der Waals surface area contributed by atoms with Gasteiger partial charge in [-0.15, -0.1) is 0 Å². The zero-order chi connectivity index (χ0) is 33.8. The van der Waals surface area contributed by atoms with Gasteiger partial charge in [0.05, 0.1) is 19.8 Å². The average molecular weight is 670 g/mol. The molecule has 0 rings (SSSR count). The molecular formula is C37H68NO7P. The molecule has 0 fully saturated rings. The summed E-state index contributed by atoms with van der Waals surface area (Å²) in [6.07, 6.45) is 38.3. The number of nitrogens with two attached hydrogens (primary N) is 1. The first-order chi connectivity index (χ1) is 22.4. The Balaban J connectivity index is 4.16. The highest BCUT2D eigenvalue weighted by molar-refractivity contribution is 7.47. The topological polar surface area (TPSA) is 117 Å². The largest absolute Gasteiger partial charge is 0.472 e. The lowest BCUT2D eigenvalue weighted by molar-refractivity contribution is -0.154. The van der Waals surface area contributed by atoms with Crippen molar-refractivity contribution in [3.05, 3.63) is 48.6 Å². The first-order valence-electron chi connectivity index (χ1n) is 18.1. The van der Waals surface area contributed by atoms with Gasteiger partial charge in [0.25, 0.3) is 0 Å². The Bertz CT molecular complexity index is 844. The Kier molecular flexibility index (Phi) is 33.6. The van der Waals surface area contributed by atoms with E-state index in [9.17, 15) is 14.3 Å². The van der Waals surface area contributed by atoms with Gasteiger partial charge < -0.3 is 20.1 Å². The molecule has 0 aliphatic carbocycles. The van der Waals surface area contributed by atoms with Crippen LogP contribution in [0.15, 0.2) is 48.6 Å². The van der Waals surface area contributed by atoms with Gasteiger partial charge in [-0.25, -0.2) is 4.57 Å². The summed E-state index contributed by atoms with van der Waals surface area (Å²) in [6, 6.07) is 0. The van der Waals surface area contributed by atoms with Crippen LogP contribution in [0.4, 0.5) is 0 Å². The molecule has 9 heteroatoms. The maximum absolute atomic E-state index is 12.5. The molecule has 0 aromatic carbocycles. The highest BCUT2D eigenvalue weighted by Gasteiger charge is 2.25. The predicted octanol–water partition coefficient (Wildman–Crippen LogP) is 10.1. The minimum absolute atomic E-state index is 0.0950. The fourth-order valence-corrected chi connectivity index (χ4v) is 5.40. The Labute approximate surface area is 281 Å². The second-order valence-corrected chi connectivity index (χ2v) is 13.2. The van der Waals surface area contributed by atoms with Gasteiger partial charge in [-0.3, -0.25) is 13.8 Å². The minimum atomic E-state index is -4.27. The highest BCUT2D eigenvalue weighted by Crippen LogP contribution is 2.43. The monoisotopic (exact) mass is 669 g/mol. The fraction of sp³-hybridized carbons (Fsp3) is 0.757. The maximum Gasteiger partial charge on any atom is 0.472 e. The number of hydrogen-bond acceptors (Lipinski definition) is 7. The van der Waals surface area contributed by atoms with Crippen molar-refractivity contribution in [3.63, 3.8) is 0 Å². The number of phosphoric ester groups is 1. The van der Waals surface area contributed by atoms with Crippen molar-refractivity contribution in [2.75, 3.05) is 33.0 Å². The van der Waals surface area contributed by atoms with E-state index < -0.39 is 13.9 Å². The molecule has 3 N–H and O–H groups in total. The third kappa shape index (κ3) is 33.8. The summed E-state index contributed by atoms with van der Waals surface area (Å²) < 4.78 is 33.2. The van der Waals surface area contributed by atoms with Crippen LogP contribution in [0.1, 0.15) is 142 Å². The van der Waals surface area contributed by atoms with Gasteiger partial charge in [-0.1, -0.05) is 133 Å². The van der Waals surface area contributed by atoms with E-state index in [1.54, 1.807) is 0 Å². The predicted molar refractivity (Wildman–Crippen MR) is 192 cm³/mol. The second kappa shape index (κ2) is 34.8. The molecule has 2 unspecified atom stereocenters. The summed E-state index contributed by atoms with van der Waals surface area (Å²) in [5.74, 6) is -0.356. The number of hydrogen-bond donors (Lipinski definition) is 2. The van der Waals surface area contributed by atoms with Gasteiger partial charge in [0, 0.05) is 19.6 Å². The average Bonchev–Trinajstić information content (AvgIpc) is 3.04. The molecule has 0 bridgehead atoms. The number of carbonyl (C=O) groups is 1. The van der Waals surface area contributed by atoms with E-state index in [0.717, 1.165) is 70.6 Å². The SMILES string of the molecule is CC/C=C\C/C=C\C/C=C\C/C=C\CCCCCCC(=O)OC(COCCCCCCCCCCCC)COP(=O)(O)OCCN. The van der Waals surface area contributed by atoms with Crippen molar-refractivity contribution >= 4 is 13.8 Å². The van der Waals surface area contributed by atoms with Crippen LogP contribution in [-0.2, 0) is 27.9 Å². The third-order valence-electron chi connectivity index (χ3n) is 7.26. The molecular weight excluding hydrogens is 601 g/mol. The molecule has 0 amide bonds. The van der Waals surface area contributed by atoms with Crippen LogP contribution in [0.3, 0.4) is 0 Å². The molecule has 0 aliphatic rings. The van der Waals surface area contributed by atoms with Gasteiger partial charge in [0.1, 0.15) is 6.10 Å². The van der Waals surface area contributed by atoms with Gasteiger partial charge in [0.15, 0.2) is 0 Å². The third-order valence-corrected chi connectivity index (χ3v) is 8.24. The van der Waals surface area contributed by atoms with E-state index >= 15 is 0 Å². The molecule has 46 heavy (non-hydrogen) atoms. The molecule has 8 nitrogen and oxygen atoms in total. The smallest absolute Gasteiger partial charge is 0.457 e. The second-order valence-electron chi connectivity index (χ2n) is 11.7. The van der Waals surface area contributed by atoms with Crippen LogP contribution in [0.25, 0.3) is 0 Å². The molecule has 0 aliphatic heterocycles. The van der Waals surface area contributed by atoms with E-state index in [0.29, 0.717) is 13.0 Å². The van der Waals surface area contributed by atoms with Crippen molar-refractivity contribution in [2.45, 2.75) is 148 Å². The number of allylic oxidation sites excluding steroid dienone is 8. The van der Waals surface area contributed by atoms with Crippen molar-refractivity contribution in [1.82, 2.24) is 0 Å². The van der Waals surface area contributed by atoms with Crippen LogP contribution in [0, 0.1) is 0 Å². The van der Waals surface area contributed by atoms with Crippen molar-refractivity contribution in [3.8, 4) is 0 Å². The Hall–Kier alpha value is -1.54. The summed E-state index contributed by atoms with van der Waals surface area (Å²) >= 11 is 0. The quantitative estimate of drug-likeness (QED) is 0.0301. The van der Waals surface area contributed by atoms with Gasteiger partial charge in [0.2, 0.25) is 0 Å². The lowest BCUT2D eigenvalue weighted by atomic mass is 10.1. The summed E-state index contributed by atoms with van der Waals surface area (Å²) in [4.78, 5) is 22.3. The fourth-order valence-electron chi connectivity index (χ4n) is 4.63. The molecule has 2 atom stereocenters. The summed E-state index contributed by atoms with van der Waals surface area (Å²) in [7, 11) is -4.27. The zero-order valence-electron chi connectivity index (χ0n) is 29.3. The van der Waals surface area contributed by atoms with Crippen LogP contribution in [0.5, 0.6) is 0 Å². The van der Waals surface area contributed by atoms with E-state index in [1.165, 1.54) is 51.4 Å². The Morgan fingerprint density at radius 3 is 1.83 bits per heavy atom. The Morgan fingerprint density at radius 2 is 1.22 bits per heavy atom. The van der Waals surface area contributed by atoms with Crippen molar-refractivity contribution < 1.29 is 32.8 Å². The molecule has 0 spiro atoms. The number of carbonyl (C=O) groups excluding carboxylic acids is 1. The first kappa shape index (κ1) is 44.5. The van der Waals surface area contributed by atoms with Crippen molar-refractivity contribution in [1.29, 1.82) is 0 Å². The first-order valence-corrected chi connectivity index (χ1v) is 19.6. The number of rotatable bonds is 34. The van der Waals surface area contributed by atoms with Crippen LogP contribution in [-0.4, -0.2) is 49.9 Å². The van der Waals surface area contributed by atoms with Crippen molar-refractivity contribution in [2.24, 2.45) is 5.73 Å². The van der Waals surface area contributed by atoms with Crippen LogP contribution >= 0.6 is 7.82 Å². The molecule has 0 saturated carbocycles. The molecule has 0 aromatic heterocycles. The normalized spacial score (nSPS) is 14.3. The molecule has 0 saturated heterocycles. The van der Waals surface area contributed by atoms with E-state index in [-0.39, 0.29) is 32.3 Å². The summed E-state index contributed by atoms with van der Waals surface area (Å²) in [5.41, 5.74) is 5.34. The van der Waals surface area contributed by atoms with E-state index in [1.807, 2.05) is 0 Å². The number of esters is 1. The number of unbranched alkanes of at least 4 members (excludes halogenated alkanes) is 13. The molecule has 0 heterocycles. The maximum atomic E-state index is 12.5. The summed E-state index contributed by atoms with van der Waals surface area (Å²) in [6.45, 7) is 4.75. The van der Waals surface area contributed by atoms with Gasteiger partial charge >= 0.3 is 13.8 Å². The zero-order valence-corrected chi connectivity index (χ0v) is 30.2. The van der Waals surface area contributed by atoms with Crippen LogP contribution in [0.2, 0.25) is 0 Å². The molecule has 268 valence electrons. The van der Waals surface area contributed by atoms with E-state index in [2.05, 4.69) is 62.5 Å². The minimum Gasteiger partial charge on any atom is -0.457 e. The van der Waals surface area contributed by atoms with Crippen LogP contribution < -0.4 is 5.73 Å². The molecule has 0 radical (unpaired) electrons. The lowest BCUT2D eigenvalue weighted by Gasteiger charge is -2.20.